The number of hydrogen-bond donors (Lipinski definition) is 0. The Morgan fingerprint density at radius 3 is 2.69 bits per heavy atom. The molecule has 0 N–H and O–H groups in total. The van der Waals surface area contributed by atoms with Gasteiger partial charge in [0.1, 0.15) is 11.9 Å². The molecule has 0 radical (unpaired) electrons. The van der Waals surface area contributed by atoms with E-state index in [1.54, 1.807) is 11.4 Å². The molecule has 1 aliphatic rings. The Balaban J connectivity index is 1.36. The second kappa shape index (κ2) is 8.30. The van der Waals surface area contributed by atoms with Crippen LogP contribution in [0.1, 0.15) is 24.0 Å². The van der Waals surface area contributed by atoms with E-state index in [2.05, 4.69) is 4.98 Å². The lowest BCUT2D eigenvalue weighted by atomic mass is 10.1. The maximum atomic E-state index is 12.8. The van der Waals surface area contributed by atoms with Gasteiger partial charge in [-0.1, -0.05) is 41.2 Å². The van der Waals surface area contributed by atoms with Crippen LogP contribution in [0.5, 0.6) is 10.9 Å². The highest BCUT2D eigenvalue weighted by Crippen LogP contribution is 2.32. The number of ether oxygens (including phenoxy) is 2. The Morgan fingerprint density at radius 2 is 1.97 bits per heavy atom. The van der Waals surface area contributed by atoms with Gasteiger partial charge in [-0.05, 0) is 37.5 Å². The summed E-state index contributed by atoms with van der Waals surface area (Å²) >= 11 is 1.50. The van der Waals surface area contributed by atoms with Gasteiger partial charge in [-0.2, -0.15) is 0 Å². The van der Waals surface area contributed by atoms with Gasteiger partial charge in [-0.3, -0.25) is 0 Å². The zero-order valence-corrected chi connectivity index (χ0v) is 18.1. The number of benzene rings is 2. The van der Waals surface area contributed by atoms with Crippen molar-refractivity contribution in [1.29, 1.82) is 0 Å². The van der Waals surface area contributed by atoms with E-state index in [0.717, 1.165) is 27.1 Å². The first kappa shape index (κ1) is 20.1. The van der Waals surface area contributed by atoms with Gasteiger partial charge in [0.15, 0.2) is 0 Å². The van der Waals surface area contributed by atoms with E-state index in [0.29, 0.717) is 31.1 Å². The van der Waals surface area contributed by atoms with E-state index < -0.39 is 10.0 Å². The summed E-state index contributed by atoms with van der Waals surface area (Å²) in [6.07, 6.45) is 1.29. The zero-order valence-electron chi connectivity index (χ0n) is 16.5. The van der Waals surface area contributed by atoms with Crippen LogP contribution in [-0.4, -0.2) is 44.0 Å². The molecule has 2 heterocycles. The molecule has 8 heteroatoms. The molecule has 0 unspecified atom stereocenters. The summed E-state index contributed by atoms with van der Waals surface area (Å²) in [4.78, 5) is 4.53. The van der Waals surface area contributed by atoms with Crippen LogP contribution in [0.4, 0.5) is 0 Å². The first-order valence-corrected chi connectivity index (χ1v) is 12.0. The fourth-order valence-electron chi connectivity index (χ4n) is 3.54. The van der Waals surface area contributed by atoms with Crippen molar-refractivity contribution in [2.45, 2.75) is 31.6 Å². The molecule has 1 saturated heterocycles. The van der Waals surface area contributed by atoms with Gasteiger partial charge < -0.3 is 9.47 Å². The lowest BCUT2D eigenvalue weighted by Gasteiger charge is -2.30. The van der Waals surface area contributed by atoms with Crippen LogP contribution < -0.4 is 9.47 Å². The molecule has 2 aromatic carbocycles. The van der Waals surface area contributed by atoms with Gasteiger partial charge in [0.2, 0.25) is 10.0 Å². The maximum Gasteiger partial charge on any atom is 0.274 e. The summed E-state index contributed by atoms with van der Waals surface area (Å²) in [5, 5.41) is 0.620. The number of sulfonamides is 1. The summed E-state index contributed by atoms with van der Waals surface area (Å²) in [6.45, 7) is 2.91. The van der Waals surface area contributed by atoms with Gasteiger partial charge in [-0.25, -0.2) is 17.7 Å². The average Bonchev–Trinajstić information content (AvgIpc) is 3.09. The Labute approximate surface area is 175 Å². The minimum Gasteiger partial charge on any atom is -0.497 e. The third-order valence-electron chi connectivity index (χ3n) is 5.07. The molecular formula is C21H24N2O4S2. The number of piperidine rings is 1. The second-order valence-corrected chi connectivity index (χ2v) is 10.2. The van der Waals surface area contributed by atoms with E-state index in [-0.39, 0.29) is 11.9 Å². The fraction of sp³-hybridized carbons (Fsp3) is 0.381. The monoisotopic (exact) mass is 432 g/mol. The minimum atomic E-state index is -3.33. The molecule has 0 saturated carbocycles. The smallest absolute Gasteiger partial charge is 0.274 e. The van der Waals surface area contributed by atoms with Gasteiger partial charge in [0.05, 0.1) is 23.1 Å². The predicted molar refractivity (Wildman–Crippen MR) is 115 cm³/mol. The normalized spacial score (nSPS) is 16.2. The lowest BCUT2D eigenvalue weighted by molar-refractivity contribution is 0.135. The summed E-state index contributed by atoms with van der Waals surface area (Å²) in [5.74, 6) is 0.807. The molecular weight excluding hydrogens is 408 g/mol. The molecule has 1 fully saturated rings. The number of nitrogens with zero attached hydrogens (tertiary/aromatic N) is 2. The molecule has 0 atom stereocenters. The second-order valence-electron chi connectivity index (χ2n) is 7.27. The summed E-state index contributed by atoms with van der Waals surface area (Å²) in [5.41, 5.74) is 2.74. The Kier molecular flexibility index (Phi) is 5.76. The quantitative estimate of drug-likeness (QED) is 0.589. The van der Waals surface area contributed by atoms with Gasteiger partial charge >= 0.3 is 0 Å². The molecule has 0 amide bonds. The standard InChI is InChI=1S/C21H24N2O4S2/c1-15-4-3-5-16(12-15)14-29(24,25)23-10-8-17(9-11-23)27-21-22-19-13-18(26-2)6-7-20(19)28-21/h3-7,12-13,17H,8-11,14H2,1-2H3. The largest absolute Gasteiger partial charge is 0.497 e. The summed E-state index contributed by atoms with van der Waals surface area (Å²) in [6, 6.07) is 13.4. The summed E-state index contributed by atoms with van der Waals surface area (Å²) < 4.78 is 39.5. The van der Waals surface area contributed by atoms with Crippen LogP contribution >= 0.6 is 11.3 Å². The van der Waals surface area contributed by atoms with Crippen molar-refractivity contribution in [3.05, 3.63) is 53.6 Å². The molecule has 154 valence electrons. The highest BCUT2D eigenvalue weighted by atomic mass is 32.2. The van der Waals surface area contributed by atoms with Crippen molar-refractivity contribution in [3.63, 3.8) is 0 Å². The van der Waals surface area contributed by atoms with Crippen molar-refractivity contribution in [2.24, 2.45) is 0 Å². The van der Waals surface area contributed by atoms with Crippen LogP contribution in [0.2, 0.25) is 0 Å². The van der Waals surface area contributed by atoms with E-state index in [9.17, 15) is 8.42 Å². The molecule has 29 heavy (non-hydrogen) atoms. The van der Waals surface area contributed by atoms with Crippen LogP contribution in [-0.2, 0) is 15.8 Å². The van der Waals surface area contributed by atoms with Gasteiger partial charge in [0.25, 0.3) is 5.19 Å². The topological polar surface area (TPSA) is 68.7 Å². The van der Waals surface area contributed by atoms with E-state index in [1.165, 1.54) is 11.3 Å². The van der Waals surface area contributed by atoms with Crippen LogP contribution in [0.25, 0.3) is 10.2 Å². The Morgan fingerprint density at radius 1 is 1.17 bits per heavy atom. The molecule has 3 aromatic rings. The van der Waals surface area contributed by atoms with Crippen LogP contribution in [0, 0.1) is 6.92 Å². The summed E-state index contributed by atoms with van der Waals surface area (Å²) in [7, 11) is -1.70. The molecule has 0 spiro atoms. The van der Waals surface area contributed by atoms with E-state index in [1.807, 2.05) is 49.4 Å². The van der Waals surface area contributed by atoms with Crippen molar-refractivity contribution in [1.82, 2.24) is 9.29 Å². The third-order valence-corrected chi connectivity index (χ3v) is 7.85. The van der Waals surface area contributed by atoms with Crippen molar-refractivity contribution in [2.75, 3.05) is 20.2 Å². The fourth-order valence-corrected chi connectivity index (χ4v) is 5.95. The SMILES string of the molecule is COc1ccc2sc(OC3CCN(S(=O)(=O)Cc4cccc(C)c4)CC3)nc2c1. The molecule has 6 nitrogen and oxygen atoms in total. The predicted octanol–water partition coefficient (Wildman–Crippen LogP) is 3.99. The number of methoxy groups -OCH3 is 1. The first-order valence-electron chi connectivity index (χ1n) is 9.57. The minimum absolute atomic E-state index is 0.0251. The number of hydrogen-bond acceptors (Lipinski definition) is 6. The Hall–Kier alpha value is -2.16. The number of rotatable bonds is 6. The van der Waals surface area contributed by atoms with Crippen LogP contribution in [0.15, 0.2) is 42.5 Å². The number of fused-ring (bicyclic) bond motifs is 1. The van der Waals surface area contributed by atoms with Crippen molar-refractivity contribution in [3.8, 4) is 10.9 Å². The van der Waals surface area contributed by atoms with Crippen molar-refractivity contribution >= 4 is 31.6 Å². The Bertz CT molecular complexity index is 1100. The van der Waals surface area contributed by atoms with E-state index >= 15 is 0 Å². The average molecular weight is 433 g/mol. The number of thiazole rings is 1. The highest BCUT2D eigenvalue weighted by Gasteiger charge is 2.29. The molecule has 0 bridgehead atoms. The molecule has 0 aliphatic carbocycles. The zero-order chi connectivity index (χ0) is 20.4. The van der Waals surface area contributed by atoms with Crippen molar-refractivity contribution < 1.29 is 17.9 Å². The lowest BCUT2D eigenvalue weighted by Crippen LogP contribution is -2.42. The third kappa shape index (κ3) is 4.71. The van der Waals surface area contributed by atoms with Gasteiger partial charge in [-0.15, -0.1) is 0 Å². The van der Waals surface area contributed by atoms with E-state index in [4.69, 9.17) is 9.47 Å². The van der Waals surface area contributed by atoms with Crippen LogP contribution in [0.3, 0.4) is 0 Å². The molecule has 4 rings (SSSR count). The number of aromatic nitrogens is 1. The molecule has 1 aliphatic heterocycles. The maximum absolute atomic E-state index is 12.8. The highest BCUT2D eigenvalue weighted by molar-refractivity contribution is 7.88. The first-order chi connectivity index (χ1) is 13.9. The van der Waals surface area contributed by atoms with Gasteiger partial charge in [0, 0.05) is 19.2 Å². The number of aryl methyl sites for hydroxylation is 1. The molecule has 1 aromatic heterocycles.